The second-order valence-electron chi connectivity index (χ2n) is 11.6. The van der Waals surface area contributed by atoms with Gasteiger partial charge in [0.05, 0.1) is 22.7 Å². The first kappa shape index (κ1) is 27.6. The van der Waals surface area contributed by atoms with Crippen molar-refractivity contribution < 1.29 is 0 Å². The molecule has 0 aliphatic carbocycles. The van der Waals surface area contributed by atoms with Crippen LogP contribution in [0.3, 0.4) is 0 Å². The van der Waals surface area contributed by atoms with Crippen molar-refractivity contribution >= 4 is 50.6 Å². The Morgan fingerprint density at radius 1 is 0.435 bits per heavy atom. The van der Waals surface area contributed by atoms with Crippen LogP contribution in [0.1, 0.15) is 5.56 Å². The molecule has 0 fully saturated rings. The summed E-state index contributed by atoms with van der Waals surface area (Å²) in [6.07, 6.45) is 0. The van der Waals surface area contributed by atoms with Crippen molar-refractivity contribution in [3.63, 3.8) is 0 Å². The fourth-order valence-electron chi connectivity index (χ4n) is 7.19. The maximum atomic E-state index is 10.6. The first-order chi connectivity index (χ1) is 22.8. The van der Waals surface area contributed by atoms with E-state index in [1.807, 2.05) is 6.07 Å². The summed E-state index contributed by atoms with van der Waals surface area (Å²) in [5, 5.41) is 18.0. The fourth-order valence-corrected chi connectivity index (χ4v) is 12.1. The molecule has 0 aliphatic heterocycles. The summed E-state index contributed by atoms with van der Waals surface area (Å²) in [6.45, 7) is 0. The summed E-state index contributed by atoms with van der Waals surface area (Å²) in [5.74, 6) is 0. The third kappa shape index (κ3) is 4.39. The molecule has 0 amide bonds. The van der Waals surface area contributed by atoms with E-state index in [4.69, 9.17) is 0 Å². The van der Waals surface area contributed by atoms with Gasteiger partial charge in [-0.05, 0) is 62.2 Å². The number of para-hydroxylation sites is 2. The average Bonchev–Trinajstić information content (AvgIpc) is 3.48. The lowest BCUT2D eigenvalue weighted by Crippen LogP contribution is -2.75. The summed E-state index contributed by atoms with van der Waals surface area (Å²) in [6, 6.07) is 67.4. The smallest absolute Gasteiger partial charge is 0.180 e. The van der Waals surface area contributed by atoms with Crippen molar-refractivity contribution in [2.75, 3.05) is 0 Å². The topological polar surface area (TPSA) is 28.7 Å². The van der Waals surface area contributed by atoms with Crippen molar-refractivity contribution in [2.45, 2.75) is 0 Å². The number of fused-ring (bicyclic) bond motifs is 3. The van der Waals surface area contributed by atoms with Crippen LogP contribution in [0.4, 0.5) is 0 Å². The van der Waals surface area contributed by atoms with Crippen LogP contribution in [-0.4, -0.2) is 12.6 Å². The van der Waals surface area contributed by atoms with Crippen LogP contribution < -0.4 is 20.7 Å². The fraction of sp³-hybridized carbons (Fsp3) is 0. The molecule has 0 atom stereocenters. The quantitative estimate of drug-likeness (QED) is 0.142. The van der Waals surface area contributed by atoms with E-state index in [9.17, 15) is 5.26 Å². The zero-order valence-corrected chi connectivity index (χ0v) is 26.2. The van der Waals surface area contributed by atoms with E-state index in [0.717, 1.165) is 22.0 Å². The van der Waals surface area contributed by atoms with Gasteiger partial charge in [-0.2, -0.15) is 5.26 Å². The van der Waals surface area contributed by atoms with Crippen LogP contribution in [0, 0.1) is 11.3 Å². The van der Waals surface area contributed by atoms with E-state index < -0.39 is 8.07 Å². The Morgan fingerprint density at radius 3 is 1.43 bits per heavy atom. The predicted octanol–water partition coefficient (Wildman–Crippen LogP) is 7.70. The first-order valence-electron chi connectivity index (χ1n) is 15.6. The van der Waals surface area contributed by atoms with Crippen molar-refractivity contribution in [3.05, 3.63) is 188 Å². The largest absolute Gasteiger partial charge is 0.309 e. The highest BCUT2D eigenvalue weighted by Gasteiger charge is 2.43. The number of rotatable bonds is 6. The molecule has 0 N–H and O–H groups in total. The van der Waals surface area contributed by atoms with E-state index >= 15 is 0 Å². The van der Waals surface area contributed by atoms with Crippen LogP contribution >= 0.6 is 0 Å². The maximum absolute atomic E-state index is 10.6. The molecule has 46 heavy (non-hydrogen) atoms. The molecular weight excluding hydrogens is 573 g/mol. The number of hydrogen-bond acceptors (Lipinski definition) is 1. The zero-order chi connectivity index (χ0) is 30.9. The van der Waals surface area contributed by atoms with Crippen LogP contribution in [0.2, 0.25) is 0 Å². The minimum Gasteiger partial charge on any atom is -0.309 e. The lowest BCUT2D eigenvalue weighted by atomic mass is 10.0. The highest BCUT2D eigenvalue weighted by Crippen LogP contribution is 2.33. The van der Waals surface area contributed by atoms with Crippen molar-refractivity contribution in [3.8, 4) is 22.9 Å². The number of nitrogens with zero attached hydrogens (tertiary/aromatic N) is 2. The second kappa shape index (κ2) is 11.5. The Balaban J connectivity index is 1.39. The molecule has 2 nitrogen and oxygen atoms in total. The van der Waals surface area contributed by atoms with E-state index in [1.54, 1.807) is 0 Å². The Bertz CT molecular complexity index is 2220. The van der Waals surface area contributed by atoms with E-state index in [0.29, 0.717) is 5.56 Å². The van der Waals surface area contributed by atoms with Gasteiger partial charge in [-0.1, -0.05) is 152 Å². The molecule has 8 aromatic rings. The maximum Gasteiger partial charge on any atom is 0.180 e. The van der Waals surface area contributed by atoms with Crippen molar-refractivity contribution in [2.24, 2.45) is 0 Å². The molecule has 0 spiro atoms. The van der Waals surface area contributed by atoms with Crippen LogP contribution in [-0.2, 0) is 0 Å². The number of aromatic nitrogens is 1. The Morgan fingerprint density at radius 2 is 0.913 bits per heavy atom. The molecule has 0 bridgehead atoms. The van der Waals surface area contributed by atoms with Crippen LogP contribution in [0.15, 0.2) is 182 Å². The first-order valence-corrected chi connectivity index (χ1v) is 17.6. The molecule has 1 aromatic heterocycles. The molecule has 0 aliphatic rings. The van der Waals surface area contributed by atoms with Gasteiger partial charge in [0.2, 0.25) is 0 Å². The molecule has 0 saturated carbocycles. The average molecular weight is 603 g/mol. The van der Waals surface area contributed by atoms with Gasteiger partial charge in [0.25, 0.3) is 0 Å². The lowest BCUT2D eigenvalue weighted by molar-refractivity contribution is 1.18. The third-order valence-electron chi connectivity index (χ3n) is 9.18. The summed E-state index contributed by atoms with van der Waals surface area (Å²) < 4.78 is 2.36. The second-order valence-corrected chi connectivity index (χ2v) is 15.4. The molecule has 7 aromatic carbocycles. The van der Waals surface area contributed by atoms with E-state index in [-0.39, 0.29) is 0 Å². The highest BCUT2D eigenvalue weighted by molar-refractivity contribution is 7.20. The number of hydrogen-bond donors (Lipinski definition) is 0. The number of nitriles is 1. The summed E-state index contributed by atoms with van der Waals surface area (Å²) >= 11 is 0. The minimum absolute atomic E-state index is 0.713. The van der Waals surface area contributed by atoms with Gasteiger partial charge in [-0.3, -0.25) is 0 Å². The normalized spacial score (nSPS) is 11.5. The summed E-state index contributed by atoms with van der Waals surface area (Å²) in [7, 11) is -2.90. The van der Waals surface area contributed by atoms with E-state index in [1.165, 1.54) is 37.4 Å². The third-order valence-corrected chi connectivity index (χ3v) is 14.0. The van der Waals surface area contributed by atoms with Gasteiger partial charge in [-0.15, -0.1) is 0 Å². The van der Waals surface area contributed by atoms with Crippen molar-refractivity contribution in [1.82, 2.24) is 4.57 Å². The Kier molecular flexibility index (Phi) is 6.91. The number of benzene rings is 7. The minimum atomic E-state index is -2.90. The monoisotopic (exact) mass is 602 g/mol. The molecule has 216 valence electrons. The SMILES string of the molecule is N#Cc1ccc(-c2cccc(-n3c4ccccc4c4ccccc43)c2)cc1[Si](c1ccccc1)(c1ccccc1)c1ccccc1. The molecule has 3 heteroatoms. The lowest BCUT2D eigenvalue weighted by Gasteiger charge is -2.35. The van der Waals surface area contributed by atoms with Gasteiger partial charge in [0.1, 0.15) is 0 Å². The zero-order valence-electron chi connectivity index (χ0n) is 25.2. The highest BCUT2D eigenvalue weighted by atomic mass is 28.3. The predicted molar refractivity (Wildman–Crippen MR) is 195 cm³/mol. The van der Waals surface area contributed by atoms with Gasteiger partial charge >= 0.3 is 0 Å². The van der Waals surface area contributed by atoms with Crippen LogP contribution in [0.5, 0.6) is 0 Å². The van der Waals surface area contributed by atoms with Gasteiger partial charge in [0.15, 0.2) is 8.07 Å². The summed E-state index contributed by atoms with van der Waals surface area (Å²) in [5.41, 5.74) is 6.40. The molecule has 0 unspecified atom stereocenters. The molecular formula is C43H30N2Si. The van der Waals surface area contributed by atoms with E-state index in [2.05, 4.69) is 187 Å². The van der Waals surface area contributed by atoms with Gasteiger partial charge in [-0.25, -0.2) is 0 Å². The van der Waals surface area contributed by atoms with Gasteiger partial charge < -0.3 is 4.57 Å². The molecule has 0 saturated heterocycles. The van der Waals surface area contributed by atoms with Crippen molar-refractivity contribution in [1.29, 1.82) is 5.26 Å². The molecule has 1 heterocycles. The Labute approximate surface area is 270 Å². The Hall–Kier alpha value is -5.95. The molecule has 8 rings (SSSR count). The molecule has 0 radical (unpaired) electrons. The summed E-state index contributed by atoms with van der Waals surface area (Å²) in [4.78, 5) is 0. The van der Waals surface area contributed by atoms with Crippen LogP contribution in [0.25, 0.3) is 38.6 Å². The standard InChI is InChI=1S/C43H30N2Si/c44-31-34-28-27-33(32-15-14-16-35(29-32)45-41-25-12-10-23-39(41)40-24-11-13-26-42(40)45)30-43(34)46(36-17-4-1-5-18-36,37-19-6-2-7-20-37)38-21-8-3-9-22-38/h1-30H. The van der Waals surface area contributed by atoms with Gasteiger partial charge in [0, 0.05) is 16.5 Å².